The number of hydrogen-bond donors (Lipinski definition) is 0. The summed E-state index contributed by atoms with van der Waals surface area (Å²) in [4.78, 5) is 17.3. The van der Waals surface area contributed by atoms with E-state index in [1.54, 1.807) is 24.0 Å². The minimum absolute atomic E-state index is 0.0510. The molecule has 1 unspecified atom stereocenters. The molecule has 0 bridgehead atoms. The molecule has 0 aliphatic carbocycles. The number of piperazine rings is 1. The number of nitrogens with zero attached hydrogens (tertiary/aromatic N) is 4. The molecule has 35 heavy (non-hydrogen) atoms. The molecule has 0 saturated carbocycles. The SMILES string of the molecule is Cc1nnsc1C(=O)N1CCN(CC(OCc2ccc(C(F)(F)F)cc2)c2ccc(Cl)cc2)CC1. The molecule has 2 aromatic carbocycles. The number of aryl methyl sites for hydroxylation is 1. The molecule has 1 aliphatic rings. The van der Waals surface area contributed by atoms with Gasteiger partial charge in [0.25, 0.3) is 5.91 Å². The molecule has 1 fully saturated rings. The number of aromatic nitrogens is 2. The Morgan fingerprint density at radius 2 is 1.74 bits per heavy atom. The van der Waals surface area contributed by atoms with Gasteiger partial charge in [0.1, 0.15) is 4.88 Å². The van der Waals surface area contributed by atoms with E-state index in [0.29, 0.717) is 53.9 Å². The van der Waals surface area contributed by atoms with Crippen LogP contribution in [0.25, 0.3) is 0 Å². The Morgan fingerprint density at radius 1 is 1.09 bits per heavy atom. The molecule has 186 valence electrons. The Hall–Kier alpha value is -2.53. The summed E-state index contributed by atoms with van der Waals surface area (Å²) in [7, 11) is 0. The van der Waals surface area contributed by atoms with E-state index in [4.69, 9.17) is 16.3 Å². The Labute approximate surface area is 210 Å². The average molecular weight is 525 g/mol. The number of carbonyl (C=O) groups is 1. The van der Waals surface area contributed by atoms with Gasteiger partial charge >= 0.3 is 6.18 Å². The minimum Gasteiger partial charge on any atom is -0.368 e. The van der Waals surface area contributed by atoms with Crippen molar-refractivity contribution in [2.75, 3.05) is 32.7 Å². The monoisotopic (exact) mass is 524 g/mol. The van der Waals surface area contributed by atoms with Gasteiger partial charge in [-0.25, -0.2) is 0 Å². The van der Waals surface area contributed by atoms with Gasteiger partial charge in [-0.3, -0.25) is 9.69 Å². The molecule has 1 aliphatic heterocycles. The van der Waals surface area contributed by atoms with Crippen molar-refractivity contribution in [3.63, 3.8) is 0 Å². The smallest absolute Gasteiger partial charge is 0.368 e. The molecule has 1 saturated heterocycles. The molecule has 1 atom stereocenters. The summed E-state index contributed by atoms with van der Waals surface area (Å²) in [6, 6.07) is 12.3. The molecule has 2 heterocycles. The summed E-state index contributed by atoms with van der Waals surface area (Å²) < 4.78 is 48.6. The maximum Gasteiger partial charge on any atom is 0.416 e. The van der Waals surface area contributed by atoms with Crippen molar-refractivity contribution in [1.29, 1.82) is 0 Å². The van der Waals surface area contributed by atoms with E-state index < -0.39 is 11.7 Å². The van der Waals surface area contributed by atoms with Crippen LogP contribution in [0.5, 0.6) is 0 Å². The Balaban J connectivity index is 1.39. The predicted octanol–water partition coefficient (Wildman–Crippen LogP) is 5.23. The van der Waals surface area contributed by atoms with Crippen molar-refractivity contribution < 1.29 is 22.7 Å². The molecular weight excluding hydrogens is 501 g/mol. The fraction of sp³-hybridized carbons (Fsp3) is 0.375. The van der Waals surface area contributed by atoms with E-state index in [0.717, 1.165) is 29.2 Å². The summed E-state index contributed by atoms with van der Waals surface area (Å²) in [5.74, 6) is -0.0510. The van der Waals surface area contributed by atoms with Gasteiger partial charge in [-0.2, -0.15) is 13.2 Å². The summed E-state index contributed by atoms with van der Waals surface area (Å²) in [6.45, 7) is 5.00. The lowest BCUT2D eigenvalue weighted by Crippen LogP contribution is -2.49. The topological polar surface area (TPSA) is 58.6 Å². The van der Waals surface area contributed by atoms with Crippen LogP contribution in [0.3, 0.4) is 0 Å². The Bertz CT molecular complexity index is 1130. The lowest BCUT2D eigenvalue weighted by Gasteiger charge is -2.36. The normalized spacial score (nSPS) is 15.9. The number of halogens is 4. The Kier molecular flexibility index (Phi) is 8.05. The quantitative estimate of drug-likeness (QED) is 0.423. The molecule has 0 spiro atoms. The van der Waals surface area contributed by atoms with Crippen molar-refractivity contribution in [2.45, 2.75) is 25.8 Å². The minimum atomic E-state index is -4.37. The van der Waals surface area contributed by atoms with Gasteiger partial charge in [-0.15, -0.1) is 5.10 Å². The van der Waals surface area contributed by atoms with E-state index in [2.05, 4.69) is 14.5 Å². The summed E-state index contributed by atoms with van der Waals surface area (Å²) in [5.41, 5.74) is 1.53. The van der Waals surface area contributed by atoms with E-state index in [9.17, 15) is 18.0 Å². The van der Waals surface area contributed by atoms with Gasteiger partial charge < -0.3 is 9.64 Å². The molecule has 11 heteroatoms. The fourth-order valence-electron chi connectivity index (χ4n) is 3.86. The highest BCUT2D eigenvalue weighted by Gasteiger charge is 2.30. The number of hydrogen-bond acceptors (Lipinski definition) is 6. The molecule has 4 rings (SSSR count). The second-order valence-electron chi connectivity index (χ2n) is 8.33. The molecule has 6 nitrogen and oxygen atoms in total. The molecule has 1 amide bonds. The van der Waals surface area contributed by atoms with Crippen LogP contribution in [0.15, 0.2) is 48.5 Å². The van der Waals surface area contributed by atoms with Gasteiger partial charge in [0.15, 0.2) is 0 Å². The van der Waals surface area contributed by atoms with Crippen molar-refractivity contribution in [2.24, 2.45) is 0 Å². The fourth-order valence-corrected chi connectivity index (χ4v) is 4.61. The van der Waals surface area contributed by atoms with Gasteiger partial charge in [-0.1, -0.05) is 40.4 Å². The van der Waals surface area contributed by atoms with E-state index >= 15 is 0 Å². The van der Waals surface area contributed by atoms with Crippen molar-refractivity contribution in [1.82, 2.24) is 19.4 Å². The zero-order chi connectivity index (χ0) is 25.0. The van der Waals surface area contributed by atoms with Crippen molar-refractivity contribution >= 4 is 29.0 Å². The van der Waals surface area contributed by atoms with E-state index in [-0.39, 0.29) is 18.6 Å². The first-order valence-electron chi connectivity index (χ1n) is 11.0. The van der Waals surface area contributed by atoms with Crippen LogP contribution in [0, 0.1) is 6.92 Å². The lowest BCUT2D eigenvalue weighted by atomic mass is 10.1. The zero-order valence-electron chi connectivity index (χ0n) is 19.0. The van der Waals surface area contributed by atoms with Crippen LogP contribution < -0.4 is 0 Å². The maximum atomic E-state index is 12.8. The van der Waals surface area contributed by atoms with Crippen LogP contribution in [0.2, 0.25) is 5.02 Å². The lowest BCUT2D eigenvalue weighted by molar-refractivity contribution is -0.137. The highest BCUT2D eigenvalue weighted by molar-refractivity contribution is 7.07. The van der Waals surface area contributed by atoms with Crippen molar-refractivity contribution in [3.05, 3.63) is 80.8 Å². The zero-order valence-corrected chi connectivity index (χ0v) is 20.5. The van der Waals surface area contributed by atoms with Crippen molar-refractivity contribution in [3.8, 4) is 0 Å². The number of ether oxygens (including phenoxy) is 1. The summed E-state index contributed by atoms with van der Waals surface area (Å²) >= 11 is 7.15. The van der Waals surface area contributed by atoms with Crippen LogP contribution in [-0.4, -0.2) is 58.0 Å². The molecule has 3 aromatic rings. The third-order valence-electron chi connectivity index (χ3n) is 5.90. The Morgan fingerprint density at radius 3 is 2.31 bits per heavy atom. The molecule has 1 aromatic heterocycles. The second kappa shape index (κ2) is 11.0. The van der Waals surface area contributed by atoms with Crippen LogP contribution in [0.1, 0.15) is 38.2 Å². The van der Waals surface area contributed by atoms with Gasteiger partial charge in [-0.05, 0) is 53.8 Å². The number of alkyl halides is 3. The molecular formula is C24H24ClF3N4O2S. The standard InChI is InChI=1S/C24H24ClF3N4O2S/c1-16-22(35-30-29-16)23(33)32-12-10-31(11-13-32)14-21(18-4-8-20(25)9-5-18)34-15-17-2-6-19(7-3-17)24(26,27)28/h2-9,21H,10-15H2,1H3. The van der Waals surface area contributed by atoms with E-state index in [1.807, 2.05) is 12.1 Å². The molecule has 0 N–H and O–H groups in total. The number of benzene rings is 2. The van der Waals surface area contributed by atoms with Crippen LogP contribution >= 0.6 is 23.1 Å². The second-order valence-corrected chi connectivity index (χ2v) is 9.52. The number of carbonyl (C=O) groups excluding carboxylic acids is 1. The maximum absolute atomic E-state index is 12.8. The number of rotatable bonds is 7. The third kappa shape index (κ3) is 6.58. The van der Waals surface area contributed by atoms with Gasteiger partial charge in [0.05, 0.1) is 24.0 Å². The highest BCUT2D eigenvalue weighted by Crippen LogP contribution is 2.30. The van der Waals surface area contributed by atoms with Crippen LogP contribution in [-0.2, 0) is 17.5 Å². The molecule has 0 radical (unpaired) electrons. The summed E-state index contributed by atoms with van der Waals surface area (Å²) in [5, 5.41) is 4.52. The van der Waals surface area contributed by atoms with Crippen LogP contribution in [0.4, 0.5) is 13.2 Å². The first kappa shape index (κ1) is 25.6. The third-order valence-corrected chi connectivity index (χ3v) is 6.97. The largest absolute Gasteiger partial charge is 0.416 e. The van der Waals surface area contributed by atoms with E-state index in [1.165, 1.54) is 12.1 Å². The van der Waals surface area contributed by atoms with Gasteiger partial charge in [0, 0.05) is 37.7 Å². The number of amides is 1. The first-order valence-corrected chi connectivity index (χ1v) is 12.2. The predicted molar refractivity (Wildman–Crippen MR) is 127 cm³/mol. The van der Waals surface area contributed by atoms with Gasteiger partial charge in [0.2, 0.25) is 0 Å². The first-order chi connectivity index (χ1) is 16.7. The average Bonchev–Trinajstić information content (AvgIpc) is 3.28. The summed E-state index contributed by atoms with van der Waals surface area (Å²) in [6.07, 6.45) is -4.69. The highest BCUT2D eigenvalue weighted by atomic mass is 35.5.